The summed E-state index contributed by atoms with van der Waals surface area (Å²) in [7, 11) is -3.89. The molecule has 0 saturated heterocycles. The Kier molecular flexibility index (Phi) is 4.99. The van der Waals surface area contributed by atoms with Gasteiger partial charge in [-0.2, -0.15) is 13.2 Å². The SMILES string of the molecule is NS(=O)(=O)c1ccc(NC(=O)Nc2ccc(C(F)(F)F)cc2F)cc1. The molecule has 2 amide bonds. The van der Waals surface area contributed by atoms with Gasteiger partial charge in [-0.25, -0.2) is 22.7 Å². The lowest BCUT2D eigenvalue weighted by atomic mass is 10.2. The highest BCUT2D eigenvalue weighted by molar-refractivity contribution is 7.89. The van der Waals surface area contributed by atoms with Gasteiger partial charge in [-0.05, 0) is 42.5 Å². The molecule has 0 heterocycles. The van der Waals surface area contributed by atoms with Crippen LogP contribution in [0, 0.1) is 5.82 Å². The van der Waals surface area contributed by atoms with E-state index in [1.54, 1.807) is 0 Å². The topological polar surface area (TPSA) is 101 Å². The van der Waals surface area contributed by atoms with Crippen LogP contribution < -0.4 is 15.8 Å². The van der Waals surface area contributed by atoms with Gasteiger partial charge in [0.05, 0.1) is 16.1 Å². The highest BCUT2D eigenvalue weighted by atomic mass is 32.2. The third kappa shape index (κ3) is 4.90. The lowest BCUT2D eigenvalue weighted by Gasteiger charge is -2.11. The van der Waals surface area contributed by atoms with Crippen LogP contribution >= 0.6 is 0 Å². The van der Waals surface area contributed by atoms with Crippen LogP contribution in [-0.4, -0.2) is 14.4 Å². The summed E-state index contributed by atoms with van der Waals surface area (Å²) in [6, 6.07) is 5.50. The molecule has 0 aliphatic heterocycles. The van der Waals surface area contributed by atoms with Crippen molar-refractivity contribution in [3.8, 4) is 0 Å². The van der Waals surface area contributed by atoms with Crippen molar-refractivity contribution in [1.29, 1.82) is 0 Å². The van der Waals surface area contributed by atoms with Gasteiger partial charge in [0.25, 0.3) is 0 Å². The minimum absolute atomic E-state index is 0.164. The standard InChI is InChI=1S/C14H11F4N3O3S/c15-11-7-8(14(16,17)18)1-6-12(11)21-13(22)20-9-2-4-10(5-3-9)25(19,23)24/h1-7H,(H2,19,23,24)(H2,20,21,22). The van der Waals surface area contributed by atoms with Crippen LogP contribution in [0.1, 0.15) is 5.56 Å². The fraction of sp³-hybridized carbons (Fsp3) is 0.0714. The minimum Gasteiger partial charge on any atom is -0.308 e. The fourth-order valence-corrected chi connectivity index (χ4v) is 2.32. The molecule has 6 nitrogen and oxygen atoms in total. The van der Waals surface area contributed by atoms with E-state index >= 15 is 0 Å². The monoisotopic (exact) mass is 377 g/mol. The molecule has 0 radical (unpaired) electrons. The van der Waals surface area contributed by atoms with Gasteiger partial charge in [0, 0.05) is 5.69 Å². The van der Waals surface area contributed by atoms with Gasteiger partial charge in [-0.3, -0.25) is 0 Å². The van der Waals surface area contributed by atoms with Crippen LogP contribution in [0.4, 0.5) is 33.7 Å². The quantitative estimate of drug-likeness (QED) is 0.716. The molecule has 0 atom stereocenters. The Bertz CT molecular complexity index is 897. The molecule has 11 heteroatoms. The van der Waals surface area contributed by atoms with E-state index in [0.29, 0.717) is 6.07 Å². The molecule has 0 saturated carbocycles. The minimum atomic E-state index is -4.70. The van der Waals surface area contributed by atoms with E-state index < -0.39 is 39.3 Å². The predicted molar refractivity (Wildman–Crippen MR) is 81.9 cm³/mol. The molecule has 0 fully saturated rings. The molecular formula is C14H11F4N3O3S. The molecule has 0 aliphatic carbocycles. The number of benzene rings is 2. The van der Waals surface area contributed by atoms with Crippen LogP contribution in [0.3, 0.4) is 0 Å². The highest BCUT2D eigenvalue weighted by Crippen LogP contribution is 2.31. The summed E-state index contributed by atoms with van der Waals surface area (Å²) in [5, 5.41) is 9.23. The molecule has 0 spiro atoms. The van der Waals surface area contributed by atoms with Crippen LogP contribution in [0.5, 0.6) is 0 Å². The summed E-state index contributed by atoms with van der Waals surface area (Å²) < 4.78 is 73.2. The van der Waals surface area contributed by atoms with Crippen molar-refractivity contribution < 1.29 is 30.8 Å². The first-order chi connectivity index (χ1) is 11.5. The normalized spacial score (nSPS) is 11.9. The van der Waals surface area contributed by atoms with E-state index in [1.165, 1.54) is 12.1 Å². The molecule has 134 valence electrons. The molecule has 25 heavy (non-hydrogen) atoms. The number of alkyl halides is 3. The first-order valence-corrected chi connectivity index (χ1v) is 8.09. The predicted octanol–water partition coefficient (Wildman–Crippen LogP) is 3.14. The summed E-state index contributed by atoms with van der Waals surface area (Å²) in [5.74, 6) is -1.26. The molecule has 0 aliphatic rings. The molecule has 2 aromatic carbocycles. The first-order valence-electron chi connectivity index (χ1n) is 6.54. The van der Waals surface area contributed by atoms with Gasteiger partial charge in [-0.1, -0.05) is 0 Å². The van der Waals surface area contributed by atoms with Crippen molar-refractivity contribution >= 4 is 27.4 Å². The molecule has 0 aromatic heterocycles. The largest absolute Gasteiger partial charge is 0.416 e. The average Bonchev–Trinajstić information content (AvgIpc) is 2.48. The molecular weight excluding hydrogens is 366 g/mol. The maximum absolute atomic E-state index is 13.6. The van der Waals surface area contributed by atoms with Crippen molar-refractivity contribution in [3.63, 3.8) is 0 Å². The highest BCUT2D eigenvalue weighted by Gasteiger charge is 2.31. The van der Waals surface area contributed by atoms with Crippen molar-refractivity contribution in [2.75, 3.05) is 10.6 Å². The van der Waals surface area contributed by atoms with Gasteiger partial charge >= 0.3 is 12.2 Å². The van der Waals surface area contributed by atoms with Crippen LogP contribution in [0.2, 0.25) is 0 Å². The Morgan fingerprint density at radius 1 is 1.00 bits per heavy atom. The number of hydrogen-bond acceptors (Lipinski definition) is 3. The number of carbonyl (C=O) groups excluding carboxylic acids is 1. The molecule has 2 aromatic rings. The van der Waals surface area contributed by atoms with Crippen molar-refractivity contribution in [2.45, 2.75) is 11.1 Å². The second-order valence-corrected chi connectivity index (χ2v) is 6.40. The fourth-order valence-electron chi connectivity index (χ4n) is 1.81. The number of anilines is 2. The van der Waals surface area contributed by atoms with E-state index in [0.717, 1.165) is 18.2 Å². The molecule has 4 N–H and O–H groups in total. The maximum atomic E-state index is 13.6. The number of urea groups is 1. The Balaban J connectivity index is 2.08. The lowest BCUT2D eigenvalue weighted by molar-refractivity contribution is -0.137. The van der Waals surface area contributed by atoms with Gasteiger partial charge in [-0.15, -0.1) is 0 Å². The van der Waals surface area contributed by atoms with Crippen LogP contribution in [0.15, 0.2) is 47.4 Å². The van der Waals surface area contributed by atoms with E-state index in [9.17, 15) is 30.8 Å². The third-order valence-electron chi connectivity index (χ3n) is 2.99. The number of rotatable bonds is 3. The second kappa shape index (κ2) is 6.69. The van der Waals surface area contributed by atoms with Crippen LogP contribution in [-0.2, 0) is 16.2 Å². The number of hydrogen-bond donors (Lipinski definition) is 3. The number of halogens is 4. The summed E-state index contributed by atoms with van der Waals surface area (Å²) >= 11 is 0. The summed E-state index contributed by atoms with van der Waals surface area (Å²) in [4.78, 5) is 11.6. The Morgan fingerprint density at radius 3 is 2.08 bits per heavy atom. The smallest absolute Gasteiger partial charge is 0.308 e. The second-order valence-electron chi connectivity index (χ2n) is 4.84. The van der Waals surface area contributed by atoms with E-state index in [1.807, 2.05) is 5.32 Å². The Labute approximate surface area is 139 Å². The van der Waals surface area contributed by atoms with E-state index in [2.05, 4.69) is 5.32 Å². The number of nitrogens with two attached hydrogens (primary N) is 1. The lowest BCUT2D eigenvalue weighted by Crippen LogP contribution is -2.20. The number of amides is 2. The zero-order valence-corrected chi connectivity index (χ0v) is 13.1. The molecule has 0 unspecified atom stereocenters. The number of sulfonamides is 1. The Morgan fingerprint density at radius 2 is 1.60 bits per heavy atom. The number of primary sulfonamides is 1. The van der Waals surface area contributed by atoms with Crippen molar-refractivity contribution in [3.05, 3.63) is 53.8 Å². The van der Waals surface area contributed by atoms with Gasteiger partial charge in [0.1, 0.15) is 5.82 Å². The number of carbonyl (C=O) groups is 1. The average molecular weight is 377 g/mol. The van der Waals surface area contributed by atoms with Crippen molar-refractivity contribution in [2.24, 2.45) is 5.14 Å². The third-order valence-corrected chi connectivity index (χ3v) is 3.91. The van der Waals surface area contributed by atoms with Gasteiger partial charge < -0.3 is 10.6 Å². The van der Waals surface area contributed by atoms with E-state index in [-0.39, 0.29) is 16.6 Å². The zero-order valence-electron chi connectivity index (χ0n) is 12.3. The first kappa shape index (κ1) is 18.7. The summed E-state index contributed by atoms with van der Waals surface area (Å²) in [5.41, 5.74) is -1.47. The molecule has 2 rings (SSSR count). The summed E-state index contributed by atoms with van der Waals surface area (Å²) in [6.07, 6.45) is -4.70. The van der Waals surface area contributed by atoms with Crippen LogP contribution in [0.25, 0.3) is 0 Å². The van der Waals surface area contributed by atoms with E-state index in [4.69, 9.17) is 5.14 Å². The van der Waals surface area contributed by atoms with Gasteiger partial charge in [0.15, 0.2) is 0 Å². The summed E-state index contributed by atoms with van der Waals surface area (Å²) in [6.45, 7) is 0. The van der Waals surface area contributed by atoms with Crippen molar-refractivity contribution in [1.82, 2.24) is 0 Å². The Hall–Kier alpha value is -2.66. The molecule has 0 bridgehead atoms. The zero-order chi connectivity index (χ0) is 18.8. The van der Waals surface area contributed by atoms with Gasteiger partial charge in [0.2, 0.25) is 10.0 Å². The number of nitrogens with one attached hydrogen (secondary N) is 2. The maximum Gasteiger partial charge on any atom is 0.416 e.